The minimum Gasteiger partial charge on any atom is -0.480 e. The number of carboxylic acids is 1. The fourth-order valence-electron chi connectivity index (χ4n) is 3.96. The fraction of sp³-hybridized carbons (Fsp3) is 0.333. The van der Waals surface area contributed by atoms with Gasteiger partial charge in [-0.15, -0.1) is 0 Å². The number of hydrogen-bond acceptors (Lipinski definition) is 4. The Kier molecular flexibility index (Phi) is 4.81. The highest BCUT2D eigenvalue weighted by Gasteiger charge is 2.34. The molecule has 2 atom stereocenters. The van der Waals surface area contributed by atoms with Gasteiger partial charge in [0.2, 0.25) is 0 Å². The Labute approximate surface area is 157 Å². The van der Waals surface area contributed by atoms with Crippen LogP contribution in [0.25, 0.3) is 11.1 Å². The van der Waals surface area contributed by atoms with Gasteiger partial charge in [0.1, 0.15) is 12.6 Å². The number of carbonyl (C=O) groups excluding carboxylic acids is 1. The van der Waals surface area contributed by atoms with Crippen LogP contribution in [0.2, 0.25) is 0 Å². The van der Waals surface area contributed by atoms with Crippen molar-refractivity contribution in [3.05, 3.63) is 59.7 Å². The van der Waals surface area contributed by atoms with E-state index < -0.39 is 18.1 Å². The van der Waals surface area contributed by atoms with Gasteiger partial charge in [-0.1, -0.05) is 48.5 Å². The predicted molar refractivity (Wildman–Crippen MR) is 98.6 cm³/mol. The average molecular weight is 367 g/mol. The van der Waals surface area contributed by atoms with E-state index >= 15 is 0 Å². The molecule has 2 aromatic carbocycles. The molecule has 1 fully saturated rings. The molecule has 0 aromatic heterocycles. The molecule has 0 unspecified atom stereocenters. The van der Waals surface area contributed by atoms with E-state index in [1.54, 1.807) is 0 Å². The summed E-state index contributed by atoms with van der Waals surface area (Å²) in [5.41, 5.74) is 4.53. The first-order valence-electron chi connectivity index (χ1n) is 9.07. The minimum atomic E-state index is -1.07. The van der Waals surface area contributed by atoms with Crippen molar-refractivity contribution in [2.75, 3.05) is 19.8 Å². The molecular weight excluding hydrogens is 346 g/mol. The molecule has 27 heavy (non-hydrogen) atoms. The van der Waals surface area contributed by atoms with Gasteiger partial charge < -0.3 is 19.9 Å². The summed E-state index contributed by atoms with van der Waals surface area (Å²) in [4.78, 5) is 23.7. The lowest BCUT2D eigenvalue weighted by Crippen LogP contribution is -2.46. The van der Waals surface area contributed by atoms with Crippen molar-refractivity contribution in [2.45, 2.75) is 18.4 Å². The Morgan fingerprint density at radius 3 is 2.30 bits per heavy atom. The monoisotopic (exact) mass is 367 g/mol. The van der Waals surface area contributed by atoms with Gasteiger partial charge in [-0.25, -0.2) is 9.59 Å². The standard InChI is InChI=1S/C21H21NO5/c23-20(24)19(13-9-10-26-11-13)22-21(25)27-12-18-16-7-3-1-5-14(16)15-6-2-4-8-17(15)18/h1-8,13,18-19H,9-12H2,(H,22,25)(H,23,24)/t13-,19+/m1/s1. The smallest absolute Gasteiger partial charge is 0.407 e. The Morgan fingerprint density at radius 2 is 1.74 bits per heavy atom. The van der Waals surface area contributed by atoms with Crippen molar-refractivity contribution in [1.82, 2.24) is 5.32 Å². The highest BCUT2D eigenvalue weighted by atomic mass is 16.5. The molecule has 1 heterocycles. The van der Waals surface area contributed by atoms with Gasteiger partial charge in [-0.3, -0.25) is 0 Å². The normalized spacial score (nSPS) is 19.2. The fourth-order valence-corrected chi connectivity index (χ4v) is 3.96. The first-order valence-corrected chi connectivity index (χ1v) is 9.07. The second-order valence-electron chi connectivity index (χ2n) is 6.91. The lowest BCUT2D eigenvalue weighted by Gasteiger charge is -2.20. The van der Waals surface area contributed by atoms with Crippen LogP contribution in [-0.4, -0.2) is 43.0 Å². The molecule has 0 bridgehead atoms. The van der Waals surface area contributed by atoms with Crippen LogP contribution in [0.15, 0.2) is 48.5 Å². The second-order valence-corrected chi connectivity index (χ2v) is 6.91. The van der Waals surface area contributed by atoms with E-state index in [-0.39, 0.29) is 18.4 Å². The summed E-state index contributed by atoms with van der Waals surface area (Å²) in [5, 5.41) is 11.9. The zero-order valence-corrected chi connectivity index (χ0v) is 14.8. The first-order chi connectivity index (χ1) is 13.1. The second kappa shape index (κ2) is 7.40. The van der Waals surface area contributed by atoms with Crippen molar-refractivity contribution < 1.29 is 24.2 Å². The molecule has 6 heteroatoms. The number of hydrogen-bond donors (Lipinski definition) is 2. The van der Waals surface area contributed by atoms with Gasteiger partial charge in [-0.2, -0.15) is 0 Å². The summed E-state index contributed by atoms with van der Waals surface area (Å²) < 4.78 is 10.7. The molecule has 0 radical (unpaired) electrons. The number of amides is 1. The number of fused-ring (bicyclic) bond motifs is 3. The Hall–Kier alpha value is -2.86. The molecule has 1 aliphatic heterocycles. The Morgan fingerprint density at radius 1 is 1.11 bits per heavy atom. The number of carbonyl (C=O) groups is 2. The van der Waals surface area contributed by atoms with Gasteiger partial charge in [-0.05, 0) is 28.7 Å². The number of nitrogens with one attached hydrogen (secondary N) is 1. The summed E-state index contributed by atoms with van der Waals surface area (Å²) >= 11 is 0. The molecular formula is C21H21NO5. The topological polar surface area (TPSA) is 84.9 Å². The number of benzene rings is 2. The molecule has 1 aliphatic carbocycles. The first kappa shape index (κ1) is 17.5. The lowest BCUT2D eigenvalue weighted by atomic mass is 9.98. The maximum Gasteiger partial charge on any atom is 0.407 e. The van der Waals surface area contributed by atoms with Gasteiger partial charge in [0.15, 0.2) is 0 Å². The van der Waals surface area contributed by atoms with E-state index in [2.05, 4.69) is 17.4 Å². The third kappa shape index (κ3) is 3.40. The molecule has 2 aromatic rings. The minimum absolute atomic E-state index is 0.0544. The average Bonchev–Trinajstić information content (AvgIpc) is 3.31. The van der Waals surface area contributed by atoms with Crippen molar-refractivity contribution >= 4 is 12.1 Å². The SMILES string of the molecule is O=C(N[C@H](C(=O)O)[C@@H]1CCOC1)OCC1c2ccccc2-c2ccccc21. The van der Waals surface area contributed by atoms with E-state index in [4.69, 9.17) is 9.47 Å². The van der Waals surface area contributed by atoms with E-state index in [0.717, 1.165) is 22.3 Å². The zero-order chi connectivity index (χ0) is 18.8. The molecule has 140 valence electrons. The van der Waals surface area contributed by atoms with Gasteiger partial charge >= 0.3 is 12.1 Å². The number of rotatable bonds is 5. The summed E-state index contributed by atoms with van der Waals surface area (Å²) in [6.45, 7) is 1.01. The highest BCUT2D eigenvalue weighted by Crippen LogP contribution is 2.44. The van der Waals surface area contributed by atoms with E-state index in [0.29, 0.717) is 19.6 Å². The van der Waals surface area contributed by atoms with Crippen molar-refractivity contribution in [3.63, 3.8) is 0 Å². The lowest BCUT2D eigenvalue weighted by molar-refractivity contribution is -0.140. The Bertz CT molecular complexity index is 814. The third-order valence-electron chi connectivity index (χ3n) is 5.32. The molecule has 1 amide bonds. The molecule has 6 nitrogen and oxygen atoms in total. The van der Waals surface area contributed by atoms with E-state index in [9.17, 15) is 14.7 Å². The maximum absolute atomic E-state index is 12.3. The van der Waals surface area contributed by atoms with Crippen LogP contribution in [0.5, 0.6) is 0 Å². The number of carboxylic acid groups (broad SMARTS) is 1. The van der Waals surface area contributed by atoms with E-state index in [1.807, 2.05) is 36.4 Å². The van der Waals surface area contributed by atoms with Crippen LogP contribution in [0.3, 0.4) is 0 Å². The van der Waals surface area contributed by atoms with Crippen LogP contribution < -0.4 is 5.32 Å². The summed E-state index contributed by atoms with van der Waals surface area (Å²) in [5.74, 6) is -1.36. The number of alkyl carbamates (subject to hydrolysis) is 1. The zero-order valence-electron chi connectivity index (χ0n) is 14.8. The molecule has 4 rings (SSSR count). The van der Waals surface area contributed by atoms with Crippen LogP contribution in [0, 0.1) is 5.92 Å². The summed E-state index contributed by atoms with van der Waals surface area (Å²) in [7, 11) is 0. The highest BCUT2D eigenvalue weighted by molar-refractivity contribution is 5.81. The van der Waals surface area contributed by atoms with Crippen molar-refractivity contribution in [1.29, 1.82) is 0 Å². The molecule has 2 aliphatic rings. The van der Waals surface area contributed by atoms with Gasteiger partial charge in [0.05, 0.1) is 6.61 Å². The van der Waals surface area contributed by atoms with Gasteiger partial charge in [0, 0.05) is 18.4 Å². The molecule has 0 saturated carbocycles. The summed E-state index contributed by atoms with van der Waals surface area (Å²) in [6, 6.07) is 15.1. The number of aliphatic carboxylic acids is 1. The largest absolute Gasteiger partial charge is 0.480 e. The molecule has 2 N–H and O–H groups in total. The Balaban J connectivity index is 1.45. The van der Waals surface area contributed by atoms with Crippen LogP contribution in [0.1, 0.15) is 23.5 Å². The van der Waals surface area contributed by atoms with Crippen LogP contribution in [0.4, 0.5) is 4.79 Å². The molecule has 0 spiro atoms. The van der Waals surface area contributed by atoms with E-state index in [1.165, 1.54) is 0 Å². The van der Waals surface area contributed by atoms with Crippen molar-refractivity contribution in [3.8, 4) is 11.1 Å². The van der Waals surface area contributed by atoms with Gasteiger partial charge in [0.25, 0.3) is 0 Å². The maximum atomic E-state index is 12.3. The van der Waals surface area contributed by atoms with Crippen LogP contribution >= 0.6 is 0 Å². The third-order valence-corrected chi connectivity index (χ3v) is 5.32. The van der Waals surface area contributed by atoms with Crippen LogP contribution in [-0.2, 0) is 14.3 Å². The quantitative estimate of drug-likeness (QED) is 0.849. The summed E-state index contributed by atoms with van der Waals surface area (Å²) in [6.07, 6.45) is -0.100. The predicted octanol–water partition coefficient (Wildman–Crippen LogP) is 3.01. The van der Waals surface area contributed by atoms with Crippen molar-refractivity contribution in [2.24, 2.45) is 5.92 Å². The molecule has 1 saturated heterocycles. The number of ether oxygens (including phenoxy) is 2.